The SMILES string of the molecule is Cc1cc(C(N)=S)cc(C)c1OCCC(=O)NC(C)C. The molecule has 0 radical (unpaired) electrons. The largest absolute Gasteiger partial charge is 0.493 e. The van der Waals surface area contributed by atoms with Crippen molar-refractivity contribution in [1.82, 2.24) is 5.32 Å². The van der Waals surface area contributed by atoms with Gasteiger partial charge in [0.15, 0.2) is 0 Å². The molecular weight excluding hydrogens is 272 g/mol. The summed E-state index contributed by atoms with van der Waals surface area (Å²) in [5.74, 6) is 0.789. The first-order valence-corrected chi connectivity index (χ1v) is 7.05. The lowest BCUT2D eigenvalue weighted by molar-refractivity contribution is -0.122. The van der Waals surface area contributed by atoms with Crippen LogP contribution >= 0.6 is 12.2 Å². The van der Waals surface area contributed by atoms with Crippen molar-refractivity contribution in [2.24, 2.45) is 5.73 Å². The summed E-state index contributed by atoms with van der Waals surface area (Å²) in [6.07, 6.45) is 0.341. The number of rotatable bonds is 6. The number of hydrogen-bond donors (Lipinski definition) is 2. The number of amides is 1. The number of benzene rings is 1. The third-order valence-corrected chi connectivity index (χ3v) is 3.01. The molecule has 1 amide bonds. The maximum Gasteiger partial charge on any atom is 0.223 e. The smallest absolute Gasteiger partial charge is 0.223 e. The highest BCUT2D eigenvalue weighted by molar-refractivity contribution is 7.80. The van der Waals surface area contributed by atoms with E-state index in [1.807, 2.05) is 39.8 Å². The molecule has 0 aliphatic heterocycles. The lowest BCUT2D eigenvalue weighted by atomic mass is 10.1. The van der Waals surface area contributed by atoms with Crippen LogP contribution in [0.3, 0.4) is 0 Å². The van der Waals surface area contributed by atoms with E-state index >= 15 is 0 Å². The van der Waals surface area contributed by atoms with Gasteiger partial charge in [0, 0.05) is 11.6 Å². The number of ether oxygens (including phenoxy) is 1. The molecule has 3 N–H and O–H groups in total. The molecule has 0 aliphatic carbocycles. The van der Waals surface area contributed by atoms with Crippen molar-refractivity contribution in [1.29, 1.82) is 0 Å². The van der Waals surface area contributed by atoms with Gasteiger partial charge < -0.3 is 15.8 Å². The summed E-state index contributed by atoms with van der Waals surface area (Å²) in [7, 11) is 0. The summed E-state index contributed by atoms with van der Waals surface area (Å²) < 4.78 is 5.71. The summed E-state index contributed by atoms with van der Waals surface area (Å²) in [6.45, 7) is 8.10. The Labute approximate surface area is 125 Å². The minimum absolute atomic E-state index is 0.00457. The molecule has 110 valence electrons. The second kappa shape index (κ2) is 7.24. The molecule has 20 heavy (non-hydrogen) atoms. The number of carbonyl (C=O) groups is 1. The van der Waals surface area contributed by atoms with Crippen molar-refractivity contribution >= 4 is 23.1 Å². The molecule has 1 aromatic rings. The normalized spacial score (nSPS) is 10.4. The molecule has 0 saturated heterocycles. The Hall–Kier alpha value is -1.62. The van der Waals surface area contributed by atoms with Gasteiger partial charge in [-0.05, 0) is 51.0 Å². The summed E-state index contributed by atoms with van der Waals surface area (Å²) in [5, 5.41) is 2.83. The molecule has 0 saturated carbocycles. The summed E-state index contributed by atoms with van der Waals surface area (Å²) in [4.78, 5) is 11.9. The van der Waals surface area contributed by atoms with Gasteiger partial charge in [-0.15, -0.1) is 0 Å². The lowest BCUT2D eigenvalue weighted by Crippen LogP contribution is -2.31. The van der Waals surface area contributed by atoms with Crippen molar-refractivity contribution in [2.45, 2.75) is 40.2 Å². The molecule has 0 aliphatic rings. The highest BCUT2D eigenvalue weighted by Gasteiger charge is 2.09. The van der Waals surface area contributed by atoms with Crippen LogP contribution in [0.15, 0.2) is 12.1 Å². The Morgan fingerprint density at radius 3 is 2.35 bits per heavy atom. The zero-order valence-corrected chi connectivity index (χ0v) is 13.3. The number of nitrogens with one attached hydrogen (secondary N) is 1. The van der Waals surface area contributed by atoms with Gasteiger partial charge >= 0.3 is 0 Å². The fourth-order valence-corrected chi connectivity index (χ4v) is 2.08. The van der Waals surface area contributed by atoms with E-state index in [0.717, 1.165) is 22.4 Å². The highest BCUT2D eigenvalue weighted by atomic mass is 32.1. The predicted octanol–water partition coefficient (Wildman–Crippen LogP) is 2.23. The molecule has 0 aromatic heterocycles. The maximum absolute atomic E-state index is 11.5. The zero-order chi connectivity index (χ0) is 15.3. The van der Waals surface area contributed by atoms with E-state index in [4.69, 9.17) is 22.7 Å². The first-order valence-electron chi connectivity index (χ1n) is 6.64. The molecule has 1 rings (SSSR count). The van der Waals surface area contributed by atoms with Gasteiger partial charge in [-0.25, -0.2) is 0 Å². The minimum Gasteiger partial charge on any atom is -0.493 e. The van der Waals surface area contributed by atoms with E-state index in [-0.39, 0.29) is 11.9 Å². The minimum atomic E-state index is -0.00457. The van der Waals surface area contributed by atoms with Crippen LogP contribution in [0, 0.1) is 13.8 Å². The van der Waals surface area contributed by atoms with E-state index in [0.29, 0.717) is 18.0 Å². The molecule has 0 fully saturated rings. The standard InChI is InChI=1S/C15H22N2O2S/c1-9(2)17-13(18)5-6-19-14-10(3)7-12(15(16)20)8-11(14)4/h7-9H,5-6H2,1-4H3,(H2,16,20)(H,17,18). The Morgan fingerprint density at radius 2 is 1.90 bits per heavy atom. The van der Waals surface area contributed by atoms with Gasteiger partial charge in [0.25, 0.3) is 0 Å². The van der Waals surface area contributed by atoms with Crippen LogP contribution in [-0.2, 0) is 4.79 Å². The van der Waals surface area contributed by atoms with Gasteiger partial charge in [0.2, 0.25) is 5.91 Å². The Morgan fingerprint density at radius 1 is 1.35 bits per heavy atom. The molecule has 4 nitrogen and oxygen atoms in total. The van der Waals surface area contributed by atoms with Crippen LogP contribution in [0.1, 0.15) is 37.0 Å². The van der Waals surface area contributed by atoms with Crippen molar-refractivity contribution in [3.8, 4) is 5.75 Å². The van der Waals surface area contributed by atoms with Gasteiger partial charge in [-0.2, -0.15) is 0 Å². The zero-order valence-electron chi connectivity index (χ0n) is 12.4. The Balaban J connectivity index is 2.65. The second-order valence-electron chi connectivity index (χ2n) is 5.12. The summed E-state index contributed by atoms with van der Waals surface area (Å²) in [6, 6.07) is 3.95. The van der Waals surface area contributed by atoms with E-state index < -0.39 is 0 Å². The van der Waals surface area contributed by atoms with Gasteiger partial charge in [0.1, 0.15) is 10.7 Å². The average Bonchev–Trinajstić information content (AvgIpc) is 2.31. The molecular formula is C15H22N2O2S. The monoisotopic (exact) mass is 294 g/mol. The topological polar surface area (TPSA) is 64.3 Å². The van der Waals surface area contributed by atoms with Crippen LogP contribution in [-0.4, -0.2) is 23.5 Å². The maximum atomic E-state index is 11.5. The number of aryl methyl sites for hydroxylation is 2. The van der Waals surface area contributed by atoms with E-state index in [1.165, 1.54) is 0 Å². The first kappa shape index (κ1) is 16.4. The highest BCUT2D eigenvalue weighted by Crippen LogP contribution is 2.25. The number of nitrogens with two attached hydrogens (primary N) is 1. The second-order valence-corrected chi connectivity index (χ2v) is 5.56. The van der Waals surface area contributed by atoms with Crippen molar-refractivity contribution in [3.05, 3.63) is 28.8 Å². The molecule has 0 atom stereocenters. The number of hydrogen-bond acceptors (Lipinski definition) is 3. The fraction of sp³-hybridized carbons (Fsp3) is 0.467. The summed E-state index contributed by atoms with van der Waals surface area (Å²) in [5.41, 5.74) is 8.40. The molecule has 0 heterocycles. The van der Waals surface area contributed by atoms with Crippen molar-refractivity contribution in [3.63, 3.8) is 0 Å². The summed E-state index contributed by atoms with van der Waals surface area (Å²) >= 11 is 4.97. The first-order chi connectivity index (χ1) is 9.31. The Bertz CT molecular complexity index is 490. The van der Waals surface area contributed by atoms with Crippen LogP contribution in [0.5, 0.6) is 5.75 Å². The van der Waals surface area contributed by atoms with Crippen LogP contribution in [0.2, 0.25) is 0 Å². The average molecular weight is 294 g/mol. The predicted molar refractivity (Wildman–Crippen MR) is 85.2 cm³/mol. The number of carbonyl (C=O) groups excluding carboxylic acids is 1. The van der Waals surface area contributed by atoms with Crippen LogP contribution in [0.25, 0.3) is 0 Å². The van der Waals surface area contributed by atoms with Crippen molar-refractivity contribution < 1.29 is 9.53 Å². The van der Waals surface area contributed by atoms with Gasteiger partial charge in [-0.3, -0.25) is 4.79 Å². The van der Waals surface area contributed by atoms with E-state index in [2.05, 4.69) is 5.32 Å². The lowest BCUT2D eigenvalue weighted by Gasteiger charge is -2.14. The van der Waals surface area contributed by atoms with Crippen LogP contribution in [0.4, 0.5) is 0 Å². The fourth-order valence-electron chi connectivity index (χ4n) is 1.96. The Kier molecular flexibility index (Phi) is 5.95. The molecule has 5 heteroatoms. The molecule has 0 unspecified atom stereocenters. The third-order valence-electron chi connectivity index (χ3n) is 2.77. The van der Waals surface area contributed by atoms with E-state index in [1.54, 1.807) is 0 Å². The quantitative estimate of drug-likeness (QED) is 0.790. The van der Waals surface area contributed by atoms with Crippen LogP contribution < -0.4 is 15.8 Å². The molecule has 1 aromatic carbocycles. The van der Waals surface area contributed by atoms with Gasteiger partial charge in [-0.1, -0.05) is 12.2 Å². The van der Waals surface area contributed by atoms with Gasteiger partial charge in [0.05, 0.1) is 13.0 Å². The van der Waals surface area contributed by atoms with Crippen molar-refractivity contribution in [2.75, 3.05) is 6.61 Å². The van der Waals surface area contributed by atoms with E-state index in [9.17, 15) is 4.79 Å². The molecule has 0 bridgehead atoms. The molecule has 0 spiro atoms. The third kappa shape index (κ3) is 4.81. The number of thiocarbonyl (C=S) groups is 1.